The number of nitrogen functional groups attached to an aromatic ring is 1. The Kier molecular flexibility index (Phi) is 4.32. The highest BCUT2D eigenvalue weighted by Crippen LogP contribution is 2.26. The van der Waals surface area contributed by atoms with Crippen LogP contribution in [0.5, 0.6) is 0 Å². The van der Waals surface area contributed by atoms with E-state index in [-0.39, 0.29) is 5.95 Å². The SMILES string of the molecule is COC(C)(C#Cc1ccc2cnn(-c3ccnc(N)n3)c2c1)c1nccs1. The molecule has 1 unspecified atom stereocenters. The molecule has 27 heavy (non-hydrogen) atoms. The molecule has 1 aromatic carbocycles. The van der Waals surface area contributed by atoms with E-state index in [0.717, 1.165) is 21.5 Å². The number of methoxy groups -OCH3 is 1. The van der Waals surface area contributed by atoms with Crippen LogP contribution < -0.4 is 5.73 Å². The summed E-state index contributed by atoms with van der Waals surface area (Å²) >= 11 is 1.52. The molecule has 0 fully saturated rings. The molecule has 0 spiro atoms. The largest absolute Gasteiger partial charge is 0.368 e. The number of nitrogens with two attached hydrogens (primary N) is 1. The summed E-state index contributed by atoms with van der Waals surface area (Å²) in [6.07, 6.45) is 5.13. The number of rotatable bonds is 3. The molecule has 0 bridgehead atoms. The van der Waals surface area contributed by atoms with Crippen LogP contribution in [0.1, 0.15) is 17.5 Å². The fraction of sp³-hybridized carbons (Fsp3) is 0.158. The summed E-state index contributed by atoms with van der Waals surface area (Å²) in [7, 11) is 1.63. The number of benzene rings is 1. The third kappa shape index (κ3) is 3.26. The van der Waals surface area contributed by atoms with E-state index >= 15 is 0 Å². The Morgan fingerprint density at radius 1 is 1.22 bits per heavy atom. The fourth-order valence-corrected chi connectivity index (χ4v) is 3.33. The van der Waals surface area contributed by atoms with Crippen LogP contribution in [0.15, 0.2) is 48.2 Å². The van der Waals surface area contributed by atoms with Crippen molar-refractivity contribution in [1.82, 2.24) is 24.7 Å². The minimum Gasteiger partial charge on any atom is -0.368 e. The normalized spacial score (nSPS) is 13.1. The molecule has 134 valence electrons. The molecule has 4 aromatic rings. The van der Waals surface area contributed by atoms with Gasteiger partial charge in [0, 0.05) is 41.9 Å². The van der Waals surface area contributed by atoms with Gasteiger partial charge in [-0.2, -0.15) is 10.1 Å². The van der Waals surface area contributed by atoms with Crippen molar-refractivity contribution in [3.8, 4) is 17.7 Å². The second kappa shape index (κ2) is 6.79. The van der Waals surface area contributed by atoms with Crippen molar-refractivity contribution in [2.75, 3.05) is 12.8 Å². The minimum absolute atomic E-state index is 0.200. The van der Waals surface area contributed by atoms with Crippen LogP contribution in [0.2, 0.25) is 0 Å². The van der Waals surface area contributed by atoms with Crippen LogP contribution in [0, 0.1) is 11.8 Å². The predicted octanol–water partition coefficient (Wildman–Crippen LogP) is 2.77. The Labute approximate surface area is 159 Å². The second-order valence-electron chi connectivity index (χ2n) is 5.93. The van der Waals surface area contributed by atoms with Gasteiger partial charge in [0.2, 0.25) is 5.95 Å². The number of hydrogen-bond acceptors (Lipinski definition) is 7. The highest BCUT2D eigenvalue weighted by Gasteiger charge is 2.26. The molecule has 0 aliphatic carbocycles. The lowest BCUT2D eigenvalue weighted by Crippen LogP contribution is -2.21. The van der Waals surface area contributed by atoms with Gasteiger partial charge in [0.15, 0.2) is 11.4 Å². The van der Waals surface area contributed by atoms with Crippen LogP contribution in [-0.2, 0) is 10.3 Å². The lowest BCUT2D eigenvalue weighted by atomic mass is 10.1. The highest BCUT2D eigenvalue weighted by atomic mass is 32.1. The van der Waals surface area contributed by atoms with Crippen LogP contribution in [-0.4, -0.2) is 31.8 Å². The Morgan fingerprint density at radius 3 is 2.85 bits per heavy atom. The molecule has 1 atom stereocenters. The molecule has 0 saturated heterocycles. The van der Waals surface area contributed by atoms with E-state index in [2.05, 4.69) is 31.9 Å². The van der Waals surface area contributed by atoms with E-state index in [1.165, 1.54) is 11.3 Å². The van der Waals surface area contributed by atoms with E-state index in [1.807, 2.05) is 30.5 Å². The van der Waals surface area contributed by atoms with Gasteiger partial charge in [-0.1, -0.05) is 11.8 Å². The molecule has 3 heterocycles. The number of thiazole rings is 1. The first-order chi connectivity index (χ1) is 13.1. The summed E-state index contributed by atoms with van der Waals surface area (Å²) in [6, 6.07) is 7.64. The number of hydrogen-bond donors (Lipinski definition) is 1. The molecule has 0 aliphatic rings. The van der Waals surface area contributed by atoms with Gasteiger partial charge in [-0.25, -0.2) is 14.6 Å². The molecule has 0 radical (unpaired) electrons. The first-order valence-electron chi connectivity index (χ1n) is 8.14. The molecule has 2 N–H and O–H groups in total. The van der Waals surface area contributed by atoms with Crippen molar-refractivity contribution in [3.05, 3.63) is 58.8 Å². The summed E-state index contributed by atoms with van der Waals surface area (Å²) in [5.74, 6) is 7.18. The second-order valence-corrected chi connectivity index (χ2v) is 6.82. The Balaban J connectivity index is 1.76. The molecule has 0 saturated carbocycles. The fourth-order valence-electron chi connectivity index (χ4n) is 2.60. The summed E-state index contributed by atoms with van der Waals surface area (Å²) in [4.78, 5) is 12.5. The van der Waals surface area contributed by atoms with E-state index in [1.54, 1.807) is 36.4 Å². The van der Waals surface area contributed by atoms with Crippen LogP contribution >= 0.6 is 11.3 Å². The molecule has 0 aliphatic heterocycles. The van der Waals surface area contributed by atoms with Gasteiger partial charge < -0.3 is 10.5 Å². The van der Waals surface area contributed by atoms with E-state index in [4.69, 9.17) is 10.5 Å². The van der Waals surface area contributed by atoms with Crippen molar-refractivity contribution in [1.29, 1.82) is 0 Å². The van der Waals surface area contributed by atoms with Crippen molar-refractivity contribution in [2.45, 2.75) is 12.5 Å². The predicted molar refractivity (Wildman–Crippen MR) is 104 cm³/mol. The highest BCUT2D eigenvalue weighted by molar-refractivity contribution is 7.09. The van der Waals surface area contributed by atoms with Crippen LogP contribution in [0.4, 0.5) is 5.95 Å². The first kappa shape index (κ1) is 17.1. The van der Waals surface area contributed by atoms with E-state index < -0.39 is 5.60 Å². The van der Waals surface area contributed by atoms with Crippen molar-refractivity contribution >= 4 is 28.2 Å². The maximum Gasteiger partial charge on any atom is 0.221 e. The molecule has 4 rings (SSSR count). The van der Waals surface area contributed by atoms with Gasteiger partial charge in [-0.15, -0.1) is 11.3 Å². The maximum absolute atomic E-state index is 5.69. The quantitative estimate of drug-likeness (QED) is 0.553. The van der Waals surface area contributed by atoms with Gasteiger partial charge in [-0.3, -0.25) is 0 Å². The number of fused-ring (bicyclic) bond motifs is 1. The number of aromatic nitrogens is 5. The average Bonchev–Trinajstić information content (AvgIpc) is 3.36. The van der Waals surface area contributed by atoms with Crippen LogP contribution in [0.25, 0.3) is 16.7 Å². The van der Waals surface area contributed by atoms with Crippen LogP contribution in [0.3, 0.4) is 0 Å². The van der Waals surface area contributed by atoms with Gasteiger partial charge in [0.1, 0.15) is 5.01 Å². The molecule has 8 heteroatoms. The Hall–Kier alpha value is -3.28. The van der Waals surface area contributed by atoms with E-state index in [0.29, 0.717) is 5.82 Å². The molecular formula is C19H16N6OS. The molecular weight excluding hydrogens is 360 g/mol. The topological polar surface area (TPSA) is 91.7 Å². The van der Waals surface area contributed by atoms with E-state index in [9.17, 15) is 0 Å². The first-order valence-corrected chi connectivity index (χ1v) is 9.02. The minimum atomic E-state index is -0.759. The lowest BCUT2D eigenvalue weighted by Gasteiger charge is -2.18. The van der Waals surface area contributed by atoms with Gasteiger partial charge in [0.05, 0.1) is 11.7 Å². The van der Waals surface area contributed by atoms with Gasteiger partial charge >= 0.3 is 0 Å². The summed E-state index contributed by atoms with van der Waals surface area (Å²) in [6.45, 7) is 1.91. The van der Waals surface area contributed by atoms with Gasteiger partial charge in [-0.05, 0) is 25.1 Å². The van der Waals surface area contributed by atoms with Crippen molar-refractivity contribution < 1.29 is 4.74 Å². The number of anilines is 1. The third-order valence-corrected chi connectivity index (χ3v) is 5.12. The molecule has 0 amide bonds. The summed E-state index contributed by atoms with van der Waals surface area (Å²) in [5.41, 5.74) is 6.65. The zero-order chi connectivity index (χ0) is 18.9. The molecule has 3 aromatic heterocycles. The Morgan fingerprint density at radius 2 is 2.11 bits per heavy atom. The number of nitrogens with zero attached hydrogens (tertiary/aromatic N) is 5. The summed E-state index contributed by atoms with van der Waals surface area (Å²) in [5, 5.41) is 8.11. The summed E-state index contributed by atoms with van der Waals surface area (Å²) < 4.78 is 7.33. The molecule has 7 nitrogen and oxygen atoms in total. The lowest BCUT2D eigenvalue weighted by molar-refractivity contribution is 0.0549. The Bertz CT molecular complexity index is 1160. The maximum atomic E-state index is 5.69. The monoisotopic (exact) mass is 376 g/mol. The number of ether oxygens (including phenoxy) is 1. The third-order valence-electron chi connectivity index (χ3n) is 4.14. The average molecular weight is 376 g/mol. The van der Waals surface area contributed by atoms with Crippen molar-refractivity contribution in [2.24, 2.45) is 0 Å². The zero-order valence-corrected chi connectivity index (χ0v) is 15.6. The van der Waals surface area contributed by atoms with Crippen molar-refractivity contribution in [3.63, 3.8) is 0 Å². The smallest absolute Gasteiger partial charge is 0.221 e. The van der Waals surface area contributed by atoms with Gasteiger partial charge in [0.25, 0.3) is 0 Å². The standard InChI is InChI=1S/C19H16N6OS/c1-19(26-2,17-21-9-10-27-17)7-5-13-3-4-14-12-23-25(15(14)11-13)16-6-8-22-18(20)24-16/h3-4,6,8-12H,1-2H3,(H2,20,22,24). The zero-order valence-electron chi connectivity index (χ0n) is 14.7.